The van der Waals surface area contributed by atoms with Crippen molar-refractivity contribution in [2.75, 3.05) is 6.61 Å². The Bertz CT molecular complexity index is 315. The van der Waals surface area contributed by atoms with Gasteiger partial charge >= 0.3 is 5.97 Å². The first-order valence-corrected chi connectivity index (χ1v) is 4.99. The highest BCUT2D eigenvalue weighted by atomic mass is 16.5. The van der Waals surface area contributed by atoms with E-state index in [-0.39, 0.29) is 5.97 Å². The molecule has 0 aliphatic heterocycles. The van der Waals surface area contributed by atoms with E-state index < -0.39 is 0 Å². The Morgan fingerprint density at radius 1 is 1.60 bits per heavy atom. The number of carbonyl (C=O) groups excluding carboxylic acids is 1. The second-order valence-corrected chi connectivity index (χ2v) is 2.38. The molecule has 0 radical (unpaired) electrons. The van der Waals surface area contributed by atoms with E-state index in [2.05, 4.69) is 9.72 Å². The fourth-order valence-corrected chi connectivity index (χ4v) is 0.801. The third-order valence-corrected chi connectivity index (χ3v) is 1.31. The molecule has 0 atom stereocenters. The number of nitrogens with zero attached hydrogens (tertiary/aromatic N) is 1. The number of aryl methyl sites for hydroxylation is 1. The van der Waals surface area contributed by atoms with Crippen LogP contribution >= 0.6 is 0 Å². The summed E-state index contributed by atoms with van der Waals surface area (Å²) in [7, 11) is 0. The zero-order chi connectivity index (χ0) is 11.7. The molecule has 4 nitrogen and oxygen atoms in total. The SMILES string of the molecule is CC.CCOC(=O)/C=C/c1coc(C)n1. The number of esters is 1. The van der Waals surface area contributed by atoms with E-state index >= 15 is 0 Å². The van der Waals surface area contributed by atoms with Crippen LogP contribution in [0.3, 0.4) is 0 Å². The van der Waals surface area contributed by atoms with Gasteiger partial charge in [-0.1, -0.05) is 13.8 Å². The summed E-state index contributed by atoms with van der Waals surface area (Å²) in [5.74, 6) is 0.201. The first kappa shape index (κ1) is 13.4. The average Bonchev–Trinajstić information content (AvgIpc) is 2.65. The summed E-state index contributed by atoms with van der Waals surface area (Å²) in [5, 5.41) is 0. The zero-order valence-corrected chi connectivity index (χ0v) is 9.61. The molecule has 1 aromatic heterocycles. The topological polar surface area (TPSA) is 52.3 Å². The van der Waals surface area contributed by atoms with E-state index in [0.29, 0.717) is 18.2 Å². The van der Waals surface area contributed by atoms with Crippen molar-refractivity contribution in [3.8, 4) is 0 Å². The fourth-order valence-electron chi connectivity index (χ4n) is 0.801. The molecular weight excluding hydrogens is 194 g/mol. The van der Waals surface area contributed by atoms with Gasteiger partial charge in [0.05, 0.1) is 6.61 Å². The number of ether oxygens (including phenoxy) is 1. The molecule has 0 spiro atoms. The van der Waals surface area contributed by atoms with Gasteiger partial charge in [0, 0.05) is 13.0 Å². The van der Waals surface area contributed by atoms with Crippen LogP contribution in [-0.2, 0) is 9.53 Å². The number of hydrogen-bond donors (Lipinski definition) is 0. The van der Waals surface area contributed by atoms with Gasteiger partial charge in [-0.2, -0.15) is 0 Å². The van der Waals surface area contributed by atoms with E-state index in [1.165, 1.54) is 12.3 Å². The van der Waals surface area contributed by atoms with Crippen LogP contribution in [0.4, 0.5) is 0 Å². The number of hydrogen-bond acceptors (Lipinski definition) is 4. The van der Waals surface area contributed by atoms with Gasteiger partial charge in [-0.05, 0) is 13.0 Å². The summed E-state index contributed by atoms with van der Waals surface area (Å²) in [6, 6.07) is 0. The highest BCUT2D eigenvalue weighted by molar-refractivity contribution is 5.86. The van der Waals surface area contributed by atoms with Gasteiger partial charge in [0.2, 0.25) is 0 Å². The summed E-state index contributed by atoms with van der Waals surface area (Å²) in [6.45, 7) is 7.87. The molecule has 1 heterocycles. The van der Waals surface area contributed by atoms with E-state index in [1.54, 1.807) is 19.9 Å². The minimum atomic E-state index is -0.372. The van der Waals surface area contributed by atoms with Crippen molar-refractivity contribution in [2.24, 2.45) is 0 Å². The first-order chi connectivity index (χ1) is 7.22. The number of oxazole rings is 1. The molecule has 15 heavy (non-hydrogen) atoms. The van der Waals surface area contributed by atoms with Crippen LogP contribution in [0.5, 0.6) is 0 Å². The lowest BCUT2D eigenvalue weighted by molar-refractivity contribution is -0.137. The molecule has 1 aromatic rings. The van der Waals surface area contributed by atoms with Crippen LogP contribution in [0.25, 0.3) is 6.08 Å². The average molecular weight is 211 g/mol. The molecule has 84 valence electrons. The Labute approximate surface area is 90.0 Å². The van der Waals surface area contributed by atoms with Crippen molar-refractivity contribution in [3.63, 3.8) is 0 Å². The molecular formula is C11H17NO3. The lowest BCUT2D eigenvalue weighted by Crippen LogP contribution is -1.98. The summed E-state index contributed by atoms with van der Waals surface area (Å²) in [5.41, 5.74) is 0.616. The Kier molecular flexibility index (Phi) is 6.97. The van der Waals surface area contributed by atoms with Crippen LogP contribution in [0.2, 0.25) is 0 Å². The van der Waals surface area contributed by atoms with Crippen molar-refractivity contribution >= 4 is 12.0 Å². The van der Waals surface area contributed by atoms with Crippen LogP contribution in [0, 0.1) is 6.92 Å². The molecule has 0 N–H and O–H groups in total. The third-order valence-electron chi connectivity index (χ3n) is 1.31. The van der Waals surface area contributed by atoms with E-state index in [9.17, 15) is 4.79 Å². The second-order valence-electron chi connectivity index (χ2n) is 2.38. The molecule has 0 aliphatic carbocycles. The van der Waals surface area contributed by atoms with E-state index in [4.69, 9.17) is 4.42 Å². The predicted octanol–water partition coefficient (Wildman–Crippen LogP) is 2.59. The maximum absolute atomic E-state index is 10.9. The number of aromatic nitrogens is 1. The summed E-state index contributed by atoms with van der Waals surface area (Å²) < 4.78 is 9.63. The van der Waals surface area contributed by atoms with Gasteiger partial charge in [-0.25, -0.2) is 9.78 Å². The molecule has 0 aliphatic rings. The highest BCUT2D eigenvalue weighted by Gasteiger charge is 1.97. The van der Waals surface area contributed by atoms with Crippen LogP contribution in [0.15, 0.2) is 16.8 Å². The summed E-state index contributed by atoms with van der Waals surface area (Å²) in [6.07, 6.45) is 4.35. The van der Waals surface area contributed by atoms with E-state index in [1.807, 2.05) is 13.8 Å². The maximum Gasteiger partial charge on any atom is 0.330 e. The number of carbonyl (C=O) groups is 1. The molecule has 4 heteroatoms. The molecule has 0 bridgehead atoms. The Morgan fingerprint density at radius 3 is 2.73 bits per heavy atom. The second kappa shape index (κ2) is 7.79. The largest absolute Gasteiger partial charge is 0.463 e. The van der Waals surface area contributed by atoms with Crippen LogP contribution < -0.4 is 0 Å². The molecule has 0 aromatic carbocycles. The van der Waals surface area contributed by atoms with Crippen molar-refractivity contribution in [1.29, 1.82) is 0 Å². The lowest BCUT2D eigenvalue weighted by atomic mass is 10.4. The van der Waals surface area contributed by atoms with Gasteiger partial charge in [-0.15, -0.1) is 0 Å². The van der Waals surface area contributed by atoms with Gasteiger partial charge in [0.25, 0.3) is 0 Å². The van der Waals surface area contributed by atoms with Crippen molar-refractivity contribution < 1.29 is 13.9 Å². The Morgan fingerprint density at radius 2 is 2.27 bits per heavy atom. The number of rotatable bonds is 3. The fraction of sp³-hybridized carbons (Fsp3) is 0.455. The van der Waals surface area contributed by atoms with Gasteiger partial charge in [0.1, 0.15) is 12.0 Å². The van der Waals surface area contributed by atoms with Gasteiger partial charge in [-0.3, -0.25) is 0 Å². The lowest BCUT2D eigenvalue weighted by Gasteiger charge is -1.92. The first-order valence-electron chi connectivity index (χ1n) is 4.99. The normalized spacial score (nSPS) is 9.60. The third kappa shape index (κ3) is 5.67. The molecule has 1 rings (SSSR count). The highest BCUT2D eigenvalue weighted by Crippen LogP contribution is 2.02. The van der Waals surface area contributed by atoms with E-state index in [0.717, 1.165) is 0 Å². The standard InChI is InChI=1S/C9H11NO3.C2H6/c1-3-12-9(11)5-4-8-6-13-7(2)10-8;1-2/h4-6H,3H2,1-2H3;1-2H3/b5-4+;. The predicted molar refractivity (Wildman–Crippen MR) is 58.3 cm³/mol. The minimum Gasteiger partial charge on any atom is -0.463 e. The summed E-state index contributed by atoms with van der Waals surface area (Å²) in [4.78, 5) is 14.8. The maximum atomic E-state index is 10.9. The van der Waals surface area contributed by atoms with Crippen molar-refractivity contribution in [1.82, 2.24) is 4.98 Å². The van der Waals surface area contributed by atoms with Gasteiger partial charge in [0.15, 0.2) is 5.89 Å². The zero-order valence-electron chi connectivity index (χ0n) is 9.61. The van der Waals surface area contributed by atoms with Crippen molar-refractivity contribution in [2.45, 2.75) is 27.7 Å². The van der Waals surface area contributed by atoms with Crippen LogP contribution in [-0.4, -0.2) is 17.6 Å². The van der Waals surface area contributed by atoms with Gasteiger partial charge < -0.3 is 9.15 Å². The summed E-state index contributed by atoms with van der Waals surface area (Å²) >= 11 is 0. The van der Waals surface area contributed by atoms with Crippen molar-refractivity contribution in [3.05, 3.63) is 23.9 Å². The smallest absolute Gasteiger partial charge is 0.330 e. The molecule has 0 fully saturated rings. The molecule has 0 saturated carbocycles. The Hall–Kier alpha value is -1.58. The molecule has 0 unspecified atom stereocenters. The monoisotopic (exact) mass is 211 g/mol. The molecule has 0 saturated heterocycles. The Balaban J connectivity index is 0.000000921. The molecule has 0 amide bonds. The quantitative estimate of drug-likeness (QED) is 0.569. The minimum absolute atomic E-state index is 0.372. The van der Waals surface area contributed by atoms with Crippen LogP contribution in [0.1, 0.15) is 32.4 Å².